The first kappa shape index (κ1) is 20.5. The minimum absolute atomic E-state index is 0.0465. The summed E-state index contributed by atoms with van der Waals surface area (Å²) in [5, 5.41) is 14.4. The first-order chi connectivity index (χ1) is 15.1. The molecule has 1 aromatic heterocycles. The van der Waals surface area contributed by atoms with Gasteiger partial charge in [0.15, 0.2) is 5.82 Å². The van der Waals surface area contributed by atoms with E-state index in [1.807, 2.05) is 73.3 Å². The number of carbonyl (C=O) groups excluding carboxylic acids is 1. The van der Waals surface area contributed by atoms with Gasteiger partial charge >= 0.3 is 0 Å². The van der Waals surface area contributed by atoms with Crippen molar-refractivity contribution in [3.63, 3.8) is 0 Å². The third kappa shape index (κ3) is 4.26. The standard InChI is InChI=1S/C26H26N4O/c1-4-30(5-2)26(31)20-15-13-19(14-16-20)24-22-11-6-7-12-23(22)25(29-28-24)27-21-10-8-9-18(3)17-21/h6-17H,4-5H2,1-3H3,(H,27,29). The van der Waals surface area contributed by atoms with E-state index in [0.717, 1.165) is 33.5 Å². The minimum Gasteiger partial charge on any atom is -0.339 e. The molecule has 0 unspecified atom stereocenters. The number of nitrogens with one attached hydrogen (secondary N) is 1. The Labute approximate surface area is 182 Å². The van der Waals surface area contributed by atoms with E-state index >= 15 is 0 Å². The second-order valence-corrected chi connectivity index (χ2v) is 7.49. The fourth-order valence-corrected chi connectivity index (χ4v) is 3.73. The van der Waals surface area contributed by atoms with E-state index in [-0.39, 0.29) is 5.91 Å². The Morgan fingerprint density at radius 1 is 0.871 bits per heavy atom. The van der Waals surface area contributed by atoms with Gasteiger partial charge in [-0.05, 0) is 50.6 Å². The highest BCUT2D eigenvalue weighted by molar-refractivity contribution is 6.01. The van der Waals surface area contributed by atoms with Gasteiger partial charge in [0.2, 0.25) is 0 Å². The molecule has 0 aliphatic heterocycles. The first-order valence-electron chi connectivity index (χ1n) is 10.6. The molecule has 5 nitrogen and oxygen atoms in total. The van der Waals surface area contributed by atoms with Crippen molar-refractivity contribution in [1.29, 1.82) is 0 Å². The lowest BCUT2D eigenvalue weighted by Crippen LogP contribution is -2.30. The van der Waals surface area contributed by atoms with Crippen LogP contribution in [0.5, 0.6) is 0 Å². The van der Waals surface area contributed by atoms with E-state index in [2.05, 4.69) is 40.6 Å². The van der Waals surface area contributed by atoms with Crippen LogP contribution in [-0.2, 0) is 0 Å². The smallest absolute Gasteiger partial charge is 0.253 e. The van der Waals surface area contributed by atoms with Crippen molar-refractivity contribution in [1.82, 2.24) is 15.1 Å². The molecular weight excluding hydrogens is 384 g/mol. The average molecular weight is 411 g/mol. The maximum Gasteiger partial charge on any atom is 0.253 e. The number of benzene rings is 3. The van der Waals surface area contributed by atoms with Gasteiger partial charge in [0.1, 0.15) is 5.69 Å². The number of fused-ring (bicyclic) bond motifs is 1. The second-order valence-electron chi connectivity index (χ2n) is 7.49. The molecule has 31 heavy (non-hydrogen) atoms. The van der Waals surface area contributed by atoms with Gasteiger partial charge in [-0.3, -0.25) is 4.79 Å². The number of nitrogens with zero attached hydrogens (tertiary/aromatic N) is 3. The molecule has 1 amide bonds. The Bertz CT molecular complexity index is 1210. The third-order valence-electron chi connectivity index (χ3n) is 5.42. The Balaban J connectivity index is 1.70. The Kier molecular flexibility index (Phi) is 5.94. The quantitative estimate of drug-likeness (QED) is 0.434. The highest BCUT2D eigenvalue weighted by Crippen LogP contribution is 2.31. The molecule has 156 valence electrons. The van der Waals surface area contributed by atoms with Crippen molar-refractivity contribution in [3.05, 3.63) is 83.9 Å². The van der Waals surface area contributed by atoms with Crippen LogP contribution in [0.2, 0.25) is 0 Å². The number of rotatable bonds is 6. The zero-order valence-corrected chi connectivity index (χ0v) is 18.1. The van der Waals surface area contributed by atoms with Crippen LogP contribution in [-0.4, -0.2) is 34.1 Å². The highest BCUT2D eigenvalue weighted by Gasteiger charge is 2.14. The van der Waals surface area contributed by atoms with Gasteiger partial charge in [-0.1, -0.05) is 48.5 Å². The van der Waals surface area contributed by atoms with Crippen molar-refractivity contribution in [2.45, 2.75) is 20.8 Å². The number of carbonyl (C=O) groups is 1. The summed E-state index contributed by atoms with van der Waals surface area (Å²) in [6.07, 6.45) is 0. The molecule has 0 aliphatic carbocycles. The van der Waals surface area contributed by atoms with Crippen LogP contribution >= 0.6 is 0 Å². The summed E-state index contributed by atoms with van der Waals surface area (Å²) in [6, 6.07) is 23.9. The van der Waals surface area contributed by atoms with E-state index in [1.54, 1.807) is 0 Å². The lowest BCUT2D eigenvalue weighted by molar-refractivity contribution is 0.0773. The van der Waals surface area contributed by atoms with E-state index in [1.165, 1.54) is 5.56 Å². The zero-order chi connectivity index (χ0) is 21.8. The van der Waals surface area contributed by atoms with Gasteiger partial charge in [0, 0.05) is 40.7 Å². The molecule has 0 aliphatic rings. The van der Waals surface area contributed by atoms with Crippen molar-refractivity contribution < 1.29 is 4.79 Å². The predicted molar refractivity (Wildman–Crippen MR) is 127 cm³/mol. The van der Waals surface area contributed by atoms with Crippen LogP contribution in [0.25, 0.3) is 22.0 Å². The molecule has 4 rings (SSSR count). The summed E-state index contributed by atoms with van der Waals surface area (Å²) in [6.45, 7) is 7.44. The SMILES string of the molecule is CCN(CC)C(=O)c1ccc(-c2nnc(Nc3cccc(C)c3)c3ccccc23)cc1. The summed E-state index contributed by atoms with van der Waals surface area (Å²) >= 11 is 0. The number of hydrogen-bond donors (Lipinski definition) is 1. The number of aryl methyl sites for hydroxylation is 1. The molecule has 1 heterocycles. The van der Waals surface area contributed by atoms with E-state index in [0.29, 0.717) is 18.7 Å². The minimum atomic E-state index is 0.0465. The summed E-state index contributed by atoms with van der Waals surface area (Å²) in [5.74, 6) is 0.767. The lowest BCUT2D eigenvalue weighted by atomic mass is 10.0. The summed E-state index contributed by atoms with van der Waals surface area (Å²) < 4.78 is 0. The highest BCUT2D eigenvalue weighted by atomic mass is 16.2. The van der Waals surface area contributed by atoms with Gasteiger partial charge < -0.3 is 10.2 Å². The second kappa shape index (κ2) is 8.96. The van der Waals surface area contributed by atoms with E-state index in [4.69, 9.17) is 0 Å². The van der Waals surface area contributed by atoms with E-state index < -0.39 is 0 Å². The molecule has 0 radical (unpaired) electrons. The maximum atomic E-state index is 12.6. The van der Waals surface area contributed by atoms with Gasteiger partial charge in [-0.2, -0.15) is 0 Å². The summed E-state index contributed by atoms with van der Waals surface area (Å²) in [7, 11) is 0. The molecule has 5 heteroatoms. The van der Waals surface area contributed by atoms with Gasteiger partial charge in [0.05, 0.1) is 0 Å². The molecule has 3 aromatic carbocycles. The number of hydrogen-bond acceptors (Lipinski definition) is 4. The molecule has 0 saturated carbocycles. The monoisotopic (exact) mass is 410 g/mol. The molecule has 0 bridgehead atoms. The van der Waals surface area contributed by atoms with Crippen molar-refractivity contribution in [2.24, 2.45) is 0 Å². The van der Waals surface area contributed by atoms with Crippen LogP contribution in [0, 0.1) is 6.92 Å². The van der Waals surface area contributed by atoms with Crippen LogP contribution < -0.4 is 5.32 Å². The fourth-order valence-electron chi connectivity index (χ4n) is 3.73. The average Bonchev–Trinajstić information content (AvgIpc) is 2.80. The molecule has 0 atom stereocenters. The Hall–Kier alpha value is -3.73. The van der Waals surface area contributed by atoms with Crippen molar-refractivity contribution in [3.8, 4) is 11.3 Å². The van der Waals surface area contributed by atoms with Gasteiger partial charge in [-0.15, -0.1) is 10.2 Å². The van der Waals surface area contributed by atoms with Crippen LogP contribution in [0.15, 0.2) is 72.8 Å². The summed E-state index contributed by atoms with van der Waals surface area (Å²) in [4.78, 5) is 14.4. The summed E-state index contributed by atoms with van der Waals surface area (Å²) in [5.41, 5.74) is 4.57. The maximum absolute atomic E-state index is 12.6. The van der Waals surface area contributed by atoms with Gasteiger partial charge in [-0.25, -0.2) is 0 Å². The van der Waals surface area contributed by atoms with Crippen LogP contribution in [0.4, 0.5) is 11.5 Å². The Morgan fingerprint density at radius 3 is 2.26 bits per heavy atom. The molecule has 1 N–H and O–H groups in total. The largest absolute Gasteiger partial charge is 0.339 e. The third-order valence-corrected chi connectivity index (χ3v) is 5.42. The Morgan fingerprint density at radius 2 is 1.58 bits per heavy atom. The van der Waals surface area contributed by atoms with Crippen LogP contribution in [0.1, 0.15) is 29.8 Å². The number of aromatic nitrogens is 2. The normalized spacial score (nSPS) is 10.8. The van der Waals surface area contributed by atoms with Gasteiger partial charge in [0.25, 0.3) is 5.91 Å². The van der Waals surface area contributed by atoms with E-state index in [9.17, 15) is 4.79 Å². The fraction of sp³-hybridized carbons (Fsp3) is 0.192. The number of anilines is 2. The van der Waals surface area contributed by atoms with Crippen molar-refractivity contribution in [2.75, 3.05) is 18.4 Å². The predicted octanol–water partition coefficient (Wildman–Crippen LogP) is 5.83. The molecule has 4 aromatic rings. The first-order valence-corrected chi connectivity index (χ1v) is 10.6. The topological polar surface area (TPSA) is 58.1 Å². The van der Waals surface area contributed by atoms with Crippen molar-refractivity contribution >= 4 is 28.2 Å². The molecule has 0 saturated heterocycles. The number of amides is 1. The molecule has 0 fully saturated rings. The zero-order valence-electron chi connectivity index (χ0n) is 18.1. The lowest BCUT2D eigenvalue weighted by Gasteiger charge is -2.18. The molecule has 0 spiro atoms. The van der Waals surface area contributed by atoms with Crippen LogP contribution in [0.3, 0.4) is 0 Å². The molecular formula is C26H26N4O.